The molecule has 0 radical (unpaired) electrons. The van der Waals surface area contributed by atoms with Gasteiger partial charge in [0.1, 0.15) is 5.56 Å². The lowest BCUT2D eigenvalue weighted by Gasteiger charge is -2.20. The fourth-order valence-electron chi connectivity index (χ4n) is 1.66. The molecule has 7 heteroatoms. The summed E-state index contributed by atoms with van der Waals surface area (Å²) in [4.78, 5) is 17.3. The Balaban J connectivity index is 2.86. The van der Waals surface area contributed by atoms with Crippen LogP contribution in [0.2, 0.25) is 0 Å². The second-order valence-electron chi connectivity index (χ2n) is 4.84. The molecule has 112 valence electrons. The topological polar surface area (TPSA) is 42.4 Å². The number of amides is 1. The lowest BCUT2D eigenvalue weighted by Crippen LogP contribution is -2.31. The van der Waals surface area contributed by atoms with E-state index in [9.17, 15) is 18.0 Å². The second-order valence-corrected chi connectivity index (χ2v) is 4.84. The molecule has 0 fully saturated rings. The number of pyridine rings is 1. The van der Waals surface area contributed by atoms with E-state index in [1.165, 1.54) is 23.2 Å². The third-order valence-corrected chi connectivity index (χ3v) is 2.36. The van der Waals surface area contributed by atoms with E-state index in [1.807, 2.05) is 13.8 Å². The highest BCUT2D eigenvalue weighted by molar-refractivity contribution is 5.96. The van der Waals surface area contributed by atoms with Crippen LogP contribution in [0.1, 0.15) is 24.2 Å². The SMILES string of the molecule is CC(C)CN(C)C(=O)c1cccnc1OCC(F)(F)F. The van der Waals surface area contributed by atoms with E-state index in [-0.39, 0.29) is 17.4 Å². The number of rotatable bonds is 5. The summed E-state index contributed by atoms with van der Waals surface area (Å²) < 4.78 is 41.1. The Morgan fingerprint density at radius 2 is 2.10 bits per heavy atom. The van der Waals surface area contributed by atoms with E-state index in [0.717, 1.165) is 0 Å². The van der Waals surface area contributed by atoms with Crippen molar-refractivity contribution in [3.8, 4) is 5.88 Å². The highest BCUT2D eigenvalue weighted by Crippen LogP contribution is 2.21. The minimum absolute atomic E-state index is 0.0277. The monoisotopic (exact) mass is 290 g/mol. The minimum Gasteiger partial charge on any atom is -0.467 e. The molecule has 0 atom stereocenters. The van der Waals surface area contributed by atoms with Crippen LogP contribution in [-0.2, 0) is 0 Å². The molecule has 1 aromatic rings. The number of hydrogen-bond acceptors (Lipinski definition) is 3. The van der Waals surface area contributed by atoms with Gasteiger partial charge in [0.05, 0.1) is 0 Å². The molecule has 0 aliphatic rings. The van der Waals surface area contributed by atoms with Gasteiger partial charge in [0, 0.05) is 19.8 Å². The fourth-order valence-corrected chi connectivity index (χ4v) is 1.66. The summed E-state index contributed by atoms with van der Waals surface area (Å²) in [5, 5.41) is 0. The Labute approximate surface area is 115 Å². The van der Waals surface area contributed by atoms with Gasteiger partial charge in [-0.3, -0.25) is 4.79 Å². The van der Waals surface area contributed by atoms with E-state index in [0.29, 0.717) is 6.54 Å². The number of alkyl halides is 3. The summed E-state index contributed by atoms with van der Waals surface area (Å²) in [6.45, 7) is 2.90. The maximum Gasteiger partial charge on any atom is 0.422 e. The van der Waals surface area contributed by atoms with E-state index in [4.69, 9.17) is 0 Å². The first-order chi connectivity index (χ1) is 9.20. The van der Waals surface area contributed by atoms with Crippen molar-refractivity contribution >= 4 is 5.91 Å². The molecule has 0 N–H and O–H groups in total. The van der Waals surface area contributed by atoms with Crippen LogP contribution < -0.4 is 4.74 Å². The van der Waals surface area contributed by atoms with Crippen molar-refractivity contribution in [3.63, 3.8) is 0 Å². The van der Waals surface area contributed by atoms with Crippen LogP contribution in [-0.4, -0.2) is 42.2 Å². The molecular formula is C13H17F3N2O2. The number of aromatic nitrogens is 1. The standard InChI is InChI=1S/C13H17F3N2O2/c1-9(2)7-18(3)12(19)10-5-4-6-17-11(10)20-8-13(14,15)16/h4-6,9H,7-8H2,1-3H3. The van der Waals surface area contributed by atoms with Gasteiger partial charge in [0.15, 0.2) is 6.61 Å². The molecule has 1 rings (SSSR count). The average Bonchev–Trinajstić information content (AvgIpc) is 2.34. The van der Waals surface area contributed by atoms with Crippen molar-refractivity contribution in [2.75, 3.05) is 20.2 Å². The zero-order valence-corrected chi connectivity index (χ0v) is 11.6. The zero-order chi connectivity index (χ0) is 15.3. The Morgan fingerprint density at radius 3 is 2.65 bits per heavy atom. The quantitative estimate of drug-likeness (QED) is 0.837. The highest BCUT2D eigenvalue weighted by Gasteiger charge is 2.30. The first-order valence-corrected chi connectivity index (χ1v) is 6.10. The third kappa shape index (κ3) is 5.07. The zero-order valence-electron chi connectivity index (χ0n) is 11.6. The van der Waals surface area contributed by atoms with Gasteiger partial charge in [-0.2, -0.15) is 13.2 Å². The molecule has 1 aromatic heterocycles. The predicted octanol–water partition coefficient (Wildman–Crippen LogP) is 2.75. The van der Waals surface area contributed by atoms with E-state index in [1.54, 1.807) is 7.05 Å². The number of halogens is 3. The summed E-state index contributed by atoms with van der Waals surface area (Å²) in [5.74, 6) is -0.463. The Morgan fingerprint density at radius 1 is 1.45 bits per heavy atom. The molecule has 0 bridgehead atoms. The molecule has 1 amide bonds. The van der Waals surface area contributed by atoms with Crippen molar-refractivity contribution < 1.29 is 22.7 Å². The van der Waals surface area contributed by atoms with Gasteiger partial charge in [-0.25, -0.2) is 4.98 Å². The van der Waals surface area contributed by atoms with Gasteiger partial charge in [-0.15, -0.1) is 0 Å². The summed E-state index contributed by atoms with van der Waals surface area (Å²) in [5.41, 5.74) is 0.0277. The molecule has 0 aromatic carbocycles. The lowest BCUT2D eigenvalue weighted by atomic mass is 10.2. The molecule has 20 heavy (non-hydrogen) atoms. The van der Waals surface area contributed by atoms with Crippen LogP contribution in [0, 0.1) is 5.92 Å². The normalized spacial score (nSPS) is 11.6. The Hall–Kier alpha value is -1.79. The average molecular weight is 290 g/mol. The third-order valence-electron chi connectivity index (χ3n) is 2.36. The van der Waals surface area contributed by atoms with Crippen molar-refractivity contribution in [2.45, 2.75) is 20.0 Å². The molecule has 4 nitrogen and oxygen atoms in total. The summed E-state index contributed by atoms with van der Waals surface area (Å²) in [7, 11) is 1.59. The second kappa shape index (κ2) is 6.58. The Bertz CT molecular complexity index is 461. The number of nitrogens with zero attached hydrogens (tertiary/aromatic N) is 2. The summed E-state index contributed by atoms with van der Waals surface area (Å²) in [6.07, 6.45) is -3.19. The van der Waals surface area contributed by atoms with Gasteiger partial charge >= 0.3 is 6.18 Å². The maximum absolute atomic E-state index is 12.2. The molecule has 0 unspecified atom stereocenters. The number of ether oxygens (including phenoxy) is 1. The number of carbonyl (C=O) groups is 1. The highest BCUT2D eigenvalue weighted by atomic mass is 19.4. The van der Waals surface area contributed by atoms with Crippen LogP contribution >= 0.6 is 0 Å². The Kier molecular flexibility index (Phi) is 5.35. The van der Waals surface area contributed by atoms with Crippen LogP contribution in [0.15, 0.2) is 18.3 Å². The molecular weight excluding hydrogens is 273 g/mol. The molecule has 0 spiro atoms. The van der Waals surface area contributed by atoms with Gasteiger partial charge in [-0.05, 0) is 18.1 Å². The van der Waals surface area contributed by atoms with Crippen LogP contribution in [0.4, 0.5) is 13.2 Å². The van der Waals surface area contributed by atoms with Crippen molar-refractivity contribution in [1.82, 2.24) is 9.88 Å². The van der Waals surface area contributed by atoms with Gasteiger partial charge in [0.2, 0.25) is 5.88 Å². The predicted molar refractivity (Wildman–Crippen MR) is 67.6 cm³/mol. The molecule has 0 saturated carbocycles. The van der Waals surface area contributed by atoms with Crippen molar-refractivity contribution in [3.05, 3.63) is 23.9 Å². The van der Waals surface area contributed by atoms with Crippen LogP contribution in [0.25, 0.3) is 0 Å². The first kappa shape index (κ1) is 16.3. The van der Waals surface area contributed by atoms with Gasteiger partial charge in [-0.1, -0.05) is 13.8 Å². The molecule has 1 heterocycles. The van der Waals surface area contributed by atoms with Crippen LogP contribution in [0.3, 0.4) is 0 Å². The largest absolute Gasteiger partial charge is 0.467 e. The molecule has 0 aliphatic carbocycles. The van der Waals surface area contributed by atoms with E-state index in [2.05, 4.69) is 9.72 Å². The first-order valence-electron chi connectivity index (χ1n) is 6.10. The smallest absolute Gasteiger partial charge is 0.422 e. The van der Waals surface area contributed by atoms with Gasteiger partial charge in [0.25, 0.3) is 5.91 Å². The van der Waals surface area contributed by atoms with E-state index >= 15 is 0 Å². The fraction of sp³-hybridized carbons (Fsp3) is 0.538. The van der Waals surface area contributed by atoms with Crippen molar-refractivity contribution in [1.29, 1.82) is 0 Å². The molecule has 0 saturated heterocycles. The van der Waals surface area contributed by atoms with E-state index < -0.39 is 18.7 Å². The number of hydrogen-bond donors (Lipinski definition) is 0. The summed E-state index contributed by atoms with van der Waals surface area (Å²) >= 11 is 0. The minimum atomic E-state index is -4.47. The number of carbonyl (C=O) groups excluding carboxylic acids is 1. The maximum atomic E-state index is 12.2. The van der Waals surface area contributed by atoms with Crippen LogP contribution in [0.5, 0.6) is 5.88 Å². The lowest BCUT2D eigenvalue weighted by molar-refractivity contribution is -0.154. The summed E-state index contributed by atoms with van der Waals surface area (Å²) in [6, 6.07) is 2.88. The molecule has 0 aliphatic heterocycles. The van der Waals surface area contributed by atoms with Gasteiger partial charge < -0.3 is 9.64 Å². The van der Waals surface area contributed by atoms with Crippen molar-refractivity contribution in [2.24, 2.45) is 5.92 Å².